The van der Waals surface area contributed by atoms with Crippen LogP contribution in [-0.2, 0) is 13.0 Å². The lowest BCUT2D eigenvalue weighted by atomic mass is 10.1. The molecule has 0 N–H and O–H groups in total. The van der Waals surface area contributed by atoms with E-state index < -0.39 is 5.24 Å². The number of carbonyl (C=O) groups is 1. The maximum atomic E-state index is 11.5. The molecule has 0 spiro atoms. The summed E-state index contributed by atoms with van der Waals surface area (Å²) in [6.07, 6.45) is 0.817. The molecule has 0 radical (unpaired) electrons. The molecule has 5 heteroatoms. The van der Waals surface area contributed by atoms with Crippen LogP contribution in [0.1, 0.15) is 27.2 Å². The summed E-state index contributed by atoms with van der Waals surface area (Å²) in [7, 11) is 0. The summed E-state index contributed by atoms with van der Waals surface area (Å²) in [5, 5.41) is 4.53. The lowest BCUT2D eigenvalue weighted by Crippen LogP contribution is -2.06. The van der Waals surface area contributed by atoms with E-state index in [1.807, 2.05) is 29.8 Å². The van der Waals surface area contributed by atoms with Crippen LogP contribution in [-0.4, -0.2) is 15.0 Å². The summed E-state index contributed by atoms with van der Waals surface area (Å²) >= 11 is 11.8. The minimum Gasteiger partial charge on any atom is -0.274 e. The Morgan fingerprint density at radius 3 is 2.44 bits per heavy atom. The first kappa shape index (κ1) is 17.7. The zero-order valence-corrected chi connectivity index (χ0v) is 15.6. The van der Waals surface area contributed by atoms with Gasteiger partial charge in [0.1, 0.15) is 5.69 Å². The number of rotatable bonds is 5. The van der Waals surface area contributed by atoms with Crippen LogP contribution in [0.5, 0.6) is 0 Å². The number of nitrogens with zero attached hydrogens (tertiary/aromatic N) is 2. The zero-order chi connectivity index (χ0) is 18.0. The SMILES string of the molecule is Cc1ccc(CCn2nc(C(=O)Cl)cc2-c2ccc(Cl)c(C)c2)cc1. The van der Waals surface area contributed by atoms with Gasteiger partial charge in [0.2, 0.25) is 0 Å². The average Bonchev–Trinajstić information content (AvgIpc) is 3.01. The van der Waals surface area contributed by atoms with E-state index in [0.29, 0.717) is 11.6 Å². The molecule has 0 fully saturated rings. The van der Waals surface area contributed by atoms with Gasteiger partial charge in [-0.15, -0.1) is 0 Å². The second-order valence-corrected chi connectivity index (χ2v) is 6.86. The summed E-state index contributed by atoms with van der Waals surface area (Å²) in [6, 6.07) is 15.9. The highest BCUT2D eigenvalue weighted by Gasteiger charge is 2.14. The second-order valence-electron chi connectivity index (χ2n) is 6.11. The number of carbonyl (C=O) groups excluding carboxylic acids is 1. The van der Waals surface area contributed by atoms with E-state index >= 15 is 0 Å². The molecular formula is C20H18Cl2N2O. The number of hydrogen-bond donors (Lipinski definition) is 0. The molecule has 0 amide bonds. The Hall–Kier alpha value is -2.10. The van der Waals surface area contributed by atoms with Crippen molar-refractivity contribution in [2.75, 3.05) is 0 Å². The zero-order valence-electron chi connectivity index (χ0n) is 14.1. The molecule has 1 heterocycles. The van der Waals surface area contributed by atoms with Crippen molar-refractivity contribution < 1.29 is 4.79 Å². The van der Waals surface area contributed by atoms with Crippen molar-refractivity contribution in [2.45, 2.75) is 26.8 Å². The third-order valence-corrected chi connectivity index (χ3v) is 4.79. The summed E-state index contributed by atoms with van der Waals surface area (Å²) in [4.78, 5) is 11.5. The molecule has 25 heavy (non-hydrogen) atoms. The normalized spacial score (nSPS) is 10.9. The van der Waals surface area contributed by atoms with Crippen LogP contribution >= 0.6 is 23.2 Å². The van der Waals surface area contributed by atoms with Crippen molar-refractivity contribution in [3.63, 3.8) is 0 Å². The van der Waals surface area contributed by atoms with Gasteiger partial charge in [0, 0.05) is 17.1 Å². The Morgan fingerprint density at radius 1 is 1.08 bits per heavy atom. The average molecular weight is 373 g/mol. The highest BCUT2D eigenvalue weighted by Crippen LogP contribution is 2.26. The van der Waals surface area contributed by atoms with Crippen LogP contribution in [0.3, 0.4) is 0 Å². The van der Waals surface area contributed by atoms with Crippen LogP contribution in [0.15, 0.2) is 48.5 Å². The standard InChI is InChI=1S/C20H18Cl2N2O/c1-13-3-5-15(6-4-13)9-10-24-19(12-18(23-24)20(22)25)16-7-8-17(21)14(2)11-16/h3-8,11-12H,9-10H2,1-2H3. The number of benzene rings is 2. The number of aromatic nitrogens is 2. The highest BCUT2D eigenvalue weighted by molar-refractivity contribution is 6.67. The molecule has 3 nitrogen and oxygen atoms in total. The third-order valence-electron chi connectivity index (χ3n) is 4.17. The highest BCUT2D eigenvalue weighted by atomic mass is 35.5. The van der Waals surface area contributed by atoms with Crippen LogP contribution in [0.2, 0.25) is 5.02 Å². The molecular weight excluding hydrogens is 355 g/mol. The predicted molar refractivity (Wildman–Crippen MR) is 102 cm³/mol. The third kappa shape index (κ3) is 4.12. The Morgan fingerprint density at radius 2 is 1.80 bits per heavy atom. The number of hydrogen-bond acceptors (Lipinski definition) is 2. The van der Waals surface area contributed by atoms with E-state index in [9.17, 15) is 4.79 Å². The van der Waals surface area contributed by atoms with E-state index in [1.54, 1.807) is 6.07 Å². The van der Waals surface area contributed by atoms with Crippen LogP contribution in [0, 0.1) is 13.8 Å². The molecule has 128 valence electrons. The Labute approximate surface area is 157 Å². The van der Waals surface area contributed by atoms with Crippen LogP contribution in [0.4, 0.5) is 0 Å². The first-order valence-corrected chi connectivity index (χ1v) is 8.79. The van der Waals surface area contributed by atoms with Gasteiger partial charge in [0.05, 0.1) is 5.69 Å². The van der Waals surface area contributed by atoms with E-state index in [2.05, 4.69) is 36.3 Å². The summed E-state index contributed by atoms with van der Waals surface area (Å²) in [5.74, 6) is 0. The fraction of sp³-hybridized carbons (Fsp3) is 0.200. The van der Waals surface area contributed by atoms with Gasteiger partial charge in [-0.3, -0.25) is 9.48 Å². The molecule has 0 unspecified atom stereocenters. The van der Waals surface area contributed by atoms with E-state index in [0.717, 1.165) is 23.2 Å². The number of halogens is 2. The second kappa shape index (κ2) is 7.42. The Balaban J connectivity index is 1.92. The smallest absolute Gasteiger partial charge is 0.272 e. The predicted octanol–water partition coefficient (Wildman–Crippen LogP) is 5.44. The first-order chi connectivity index (χ1) is 11.9. The van der Waals surface area contributed by atoms with E-state index in [1.165, 1.54) is 11.1 Å². The van der Waals surface area contributed by atoms with Gasteiger partial charge in [0.25, 0.3) is 5.24 Å². The molecule has 0 saturated heterocycles. The van der Waals surface area contributed by atoms with Gasteiger partial charge in [-0.1, -0.05) is 47.5 Å². The van der Waals surface area contributed by atoms with E-state index in [-0.39, 0.29) is 5.69 Å². The van der Waals surface area contributed by atoms with Gasteiger partial charge >= 0.3 is 0 Å². The van der Waals surface area contributed by atoms with Crippen LogP contribution in [0.25, 0.3) is 11.3 Å². The van der Waals surface area contributed by atoms with Crippen molar-refractivity contribution in [1.82, 2.24) is 9.78 Å². The van der Waals surface area contributed by atoms with Gasteiger partial charge in [-0.2, -0.15) is 5.10 Å². The molecule has 2 aromatic carbocycles. The summed E-state index contributed by atoms with van der Waals surface area (Å²) < 4.78 is 1.83. The molecule has 0 aliphatic heterocycles. The molecule has 0 atom stereocenters. The molecule has 0 aliphatic rings. The fourth-order valence-electron chi connectivity index (χ4n) is 2.71. The molecule has 0 saturated carbocycles. The van der Waals surface area contributed by atoms with Gasteiger partial charge < -0.3 is 0 Å². The molecule has 0 aliphatic carbocycles. The van der Waals surface area contributed by atoms with Crippen LogP contribution < -0.4 is 0 Å². The minimum atomic E-state index is -0.555. The molecule has 3 aromatic rings. The van der Waals surface area contributed by atoms with Gasteiger partial charge in [-0.25, -0.2) is 0 Å². The topological polar surface area (TPSA) is 34.9 Å². The van der Waals surface area contributed by atoms with Crippen molar-refractivity contribution in [3.05, 3.63) is 75.9 Å². The lowest BCUT2D eigenvalue weighted by Gasteiger charge is -2.09. The van der Waals surface area contributed by atoms with Crippen molar-refractivity contribution in [3.8, 4) is 11.3 Å². The maximum absolute atomic E-state index is 11.5. The van der Waals surface area contributed by atoms with Crippen molar-refractivity contribution >= 4 is 28.4 Å². The number of aryl methyl sites for hydroxylation is 4. The fourth-order valence-corrected chi connectivity index (χ4v) is 2.92. The van der Waals surface area contributed by atoms with Crippen molar-refractivity contribution in [2.24, 2.45) is 0 Å². The molecule has 3 rings (SSSR count). The maximum Gasteiger partial charge on any atom is 0.272 e. The Kier molecular flexibility index (Phi) is 5.26. The summed E-state index contributed by atoms with van der Waals surface area (Å²) in [6.45, 7) is 4.67. The summed E-state index contributed by atoms with van der Waals surface area (Å²) in [5.41, 5.74) is 5.50. The van der Waals surface area contributed by atoms with Crippen molar-refractivity contribution in [1.29, 1.82) is 0 Å². The van der Waals surface area contributed by atoms with Gasteiger partial charge in [-0.05, 0) is 61.2 Å². The minimum absolute atomic E-state index is 0.258. The largest absolute Gasteiger partial charge is 0.274 e. The lowest BCUT2D eigenvalue weighted by molar-refractivity contribution is 0.107. The van der Waals surface area contributed by atoms with E-state index in [4.69, 9.17) is 23.2 Å². The first-order valence-electron chi connectivity index (χ1n) is 8.04. The Bertz CT molecular complexity index is 914. The van der Waals surface area contributed by atoms with Gasteiger partial charge in [0.15, 0.2) is 0 Å². The quantitative estimate of drug-likeness (QED) is 0.558. The monoisotopic (exact) mass is 372 g/mol. The molecule has 0 bridgehead atoms. The molecule has 1 aromatic heterocycles.